The van der Waals surface area contributed by atoms with E-state index < -0.39 is 5.97 Å². The van der Waals surface area contributed by atoms with Gasteiger partial charge in [-0.2, -0.15) is 0 Å². The van der Waals surface area contributed by atoms with Crippen LogP contribution in [0.15, 0.2) is 47.3 Å². The van der Waals surface area contributed by atoms with Gasteiger partial charge in [0.15, 0.2) is 0 Å². The van der Waals surface area contributed by atoms with E-state index in [1.807, 2.05) is 31.2 Å². The lowest BCUT2D eigenvalue weighted by atomic mass is 10.1. The largest absolute Gasteiger partial charge is 0.545 e. The van der Waals surface area contributed by atoms with Gasteiger partial charge in [0.2, 0.25) is 0 Å². The summed E-state index contributed by atoms with van der Waals surface area (Å²) in [5, 5.41) is 10.9. The van der Waals surface area contributed by atoms with Crippen LogP contribution in [0.3, 0.4) is 0 Å². The first-order chi connectivity index (χ1) is 11.6. The molecule has 3 rings (SSSR count). The molecular weight excluding hydrogens is 308 g/mol. The number of ether oxygens (including phenoxy) is 1. The summed E-state index contributed by atoms with van der Waals surface area (Å²) in [6.45, 7) is 2.50. The average molecular weight is 323 g/mol. The summed E-state index contributed by atoms with van der Waals surface area (Å²) in [5.41, 5.74) is 1.86. The van der Waals surface area contributed by atoms with Crippen LogP contribution >= 0.6 is 0 Å². The summed E-state index contributed by atoms with van der Waals surface area (Å²) < 4.78 is 5.38. The van der Waals surface area contributed by atoms with Gasteiger partial charge < -0.3 is 19.6 Å². The Bertz CT molecular complexity index is 945. The van der Waals surface area contributed by atoms with E-state index in [1.54, 1.807) is 0 Å². The lowest BCUT2D eigenvalue weighted by Gasteiger charge is -2.07. The van der Waals surface area contributed by atoms with E-state index in [9.17, 15) is 14.7 Å². The second-order valence-electron chi connectivity index (χ2n) is 5.29. The first kappa shape index (κ1) is 15.7. The van der Waals surface area contributed by atoms with Crippen molar-refractivity contribution >= 4 is 17.0 Å². The lowest BCUT2D eigenvalue weighted by Crippen LogP contribution is -2.22. The highest BCUT2D eigenvalue weighted by Gasteiger charge is 2.07. The molecule has 1 N–H and O–H groups in total. The van der Waals surface area contributed by atoms with Crippen molar-refractivity contribution in [1.29, 1.82) is 0 Å². The van der Waals surface area contributed by atoms with Crippen LogP contribution in [-0.4, -0.2) is 22.5 Å². The zero-order valence-corrected chi connectivity index (χ0v) is 13.0. The number of carbonyl (C=O) groups excluding carboxylic acids is 1. The summed E-state index contributed by atoms with van der Waals surface area (Å²) in [6, 6.07) is 11.7. The molecule has 1 aromatic heterocycles. The van der Waals surface area contributed by atoms with E-state index in [-0.39, 0.29) is 11.1 Å². The average Bonchev–Trinajstić information content (AvgIpc) is 2.57. The van der Waals surface area contributed by atoms with Crippen molar-refractivity contribution in [3.05, 3.63) is 69.6 Å². The minimum atomic E-state index is -1.28. The standard InChI is InChI=1S/C18H16N2O4/c1-2-24-13-6-3-11(4-7-13)9-16-17(21)20-14-8-5-12(18(22)23)10-15(14)19-16/h3-8,10H,2,9H2,1H3,(H,20,21)(H,22,23)/p-1. The molecule has 0 aliphatic rings. The number of H-pyrrole nitrogens is 1. The number of aromatic amines is 1. The van der Waals surface area contributed by atoms with Crippen molar-refractivity contribution in [2.45, 2.75) is 13.3 Å². The molecule has 0 amide bonds. The first-order valence-corrected chi connectivity index (χ1v) is 7.53. The molecule has 3 aromatic rings. The molecule has 0 saturated carbocycles. The summed E-state index contributed by atoms with van der Waals surface area (Å²) >= 11 is 0. The molecule has 0 saturated heterocycles. The first-order valence-electron chi connectivity index (χ1n) is 7.53. The third-order valence-corrected chi connectivity index (χ3v) is 3.61. The molecule has 0 unspecified atom stereocenters. The Labute approximate surface area is 137 Å². The number of carboxylic acids is 1. The fourth-order valence-electron chi connectivity index (χ4n) is 2.43. The third-order valence-electron chi connectivity index (χ3n) is 3.61. The van der Waals surface area contributed by atoms with Crippen molar-refractivity contribution in [2.75, 3.05) is 6.61 Å². The number of carbonyl (C=O) groups is 1. The fourth-order valence-corrected chi connectivity index (χ4v) is 2.43. The van der Waals surface area contributed by atoms with Gasteiger partial charge in [-0.1, -0.05) is 18.2 Å². The van der Waals surface area contributed by atoms with E-state index in [0.717, 1.165) is 11.3 Å². The van der Waals surface area contributed by atoms with Crippen LogP contribution in [0.1, 0.15) is 28.5 Å². The maximum Gasteiger partial charge on any atom is 0.270 e. The number of fused-ring (bicyclic) bond motifs is 1. The Morgan fingerprint density at radius 2 is 1.96 bits per heavy atom. The van der Waals surface area contributed by atoms with Gasteiger partial charge in [0.1, 0.15) is 11.4 Å². The molecule has 0 spiro atoms. The maximum absolute atomic E-state index is 12.2. The molecular formula is C18H15N2O4-. The Balaban J connectivity index is 1.94. The van der Waals surface area contributed by atoms with E-state index in [4.69, 9.17) is 4.74 Å². The van der Waals surface area contributed by atoms with Crippen LogP contribution in [-0.2, 0) is 6.42 Å². The molecule has 0 bridgehead atoms. The summed E-state index contributed by atoms with van der Waals surface area (Å²) in [7, 11) is 0. The summed E-state index contributed by atoms with van der Waals surface area (Å²) in [5.74, 6) is -0.516. The molecule has 6 nitrogen and oxygen atoms in total. The second kappa shape index (κ2) is 6.54. The normalized spacial score (nSPS) is 10.7. The number of aromatic nitrogens is 2. The number of nitrogens with zero attached hydrogens (tertiary/aromatic N) is 1. The van der Waals surface area contributed by atoms with Gasteiger partial charge in [-0.15, -0.1) is 0 Å². The Hall–Kier alpha value is -3.15. The lowest BCUT2D eigenvalue weighted by molar-refractivity contribution is -0.255. The van der Waals surface area contributed by atoms with Gasteiger partial charge in [-0.25, -0.2) is 4.98 Å². The molecule has 0 aliphatic carbocycles. The SMILES string of the molecule is CCOc1ccc(Cc2nc3cc(C(=O)[O-])ccc3[nH]c2=O)cc1. The Morgan fingerprint density at radius 3 is 2.62 bits per heavy atom. The third kappa shape index (κ3) is 3.27. The number of benzene rings is 2. The van der Waals surface area contributed by atoms with Crippen molar-refractivity contribution < 1.29 is 14.6 Å². The smallest absolute Gasteiger partial charge is 0.270 e. The fraction of sp³-hybridized carbons (Fsp3) is 0.167. The van der Waals surface area contributed by atoms with Gasteiger partial charge in [-0.05, 0) is 42.3 Å². The quantitative estimate of drug-likeness (QED) is 0.763. The van der Waals surface area contributed by atoms with Gasteiger partial charge in [0.25, 0.3) is 5.56 Å². The number of rotatable bonds is 5. The van der Waals surface area contributed by atoms with Crippen molar-refractivity contribution in [1.82, 2.24) is 9.97 Å². The Kier molecular flexibility index (Phi) is 4.29. The molecule has 0 fully saturated rings. The van der Waals surface area contributed by atoms with Gasteiger partial charge >= 0.3 is 0 Å². The van der Waals surface area contributed by atoms with Crippen molar-refractivity contribution in [3.8, 4) is 5.75 Å². The summed E-state index contributed by atoms with van der Waals surface area (Å²) in [4.78, 5) is 30.1. The van der Waals surface area contributed by atoms with Crippen LogP contribution in [0.5, 0.6) is 5.75 Å². The predicted octanol–water partition coefficient (Wildman–Crippen LogP) is 1.28. The number of hydrogen-bond acceptors (Lipinski definition) is 5. The zero-order valence-electron chi connectivity index (χ0n) is 13.0. The van der Waals surface area contributed by atoms with Gasteiger partial charge in [0.05, 0.1) is 23.6 Å². The monoisotopic (exact) mass is 323 g/mol. The Morgan fingerprint density at radius 1 is 1.21 bits per heavy atom. The number of carboxylic acid groups (broad SMARTS) is 1. The number of aromatic carboxylic acids is 1. The molecule has 24 heavy (non-hydrogen) atoms. The molecule has 1 heterocycles. The van der Waals surface area contributed by atoms with Gasteiger partial charge in [-0.3, -0.25) is 4.79 Å². The van der Waals surface area contributed by atoms with Crippen LogP contribution < -0.4 is 15.4 Å². The van der Waals surface area contributed by atoms with E-state index in [2.05, 4.69) is 9.97 Å². The van der Waals surface area contributed by atoms with E-state index in [0.29, 0.717) is 29.8 Å². The highest BCUT2D eigenvalue weighted by atomic mass is 16.5. The molecule has 6 heteroatoms. The topological polar surface area (TPSA) is 95.1 Å². The molecule has 0 atom stereocenters. The van der Waals surface area contributed by atoms with Crippen LogP contribution in [0.4, 0.5) is 0 Å². The number of nitrogens with one attached hydrogen (secondary N) is 1. The minimum absolute atomic E-state index is 0.0223. The van der Waals surface area contributed by atoms with E-state index >= 15 is 0 Å². The highest BCUT2D eigenvalue weighted by molar-refractivity contribution is 5.90. The van der Waals surface area contributed by atoms with Crippen LogP contribution in [0.25, 0.3) is 11.0 Å². The highest BCUT2D eigenvalue weighted by Crippen LogP contribution is 2.15. The van der Waals surface area contributed by atoms with Crippen LogP contribution in [0.2, 0.25) is 0 Å². The second-order valence-corrected chi connectivity index (χ2v) is 5.29. The zero-order chi connectivity index (χ0) is 17.1. The molecule has 0 aliphatic heterocycles. The van der Waals surface area contributed by atoms with Crippen molar-refractivity contribution in [3.63, 3.8) is 0 Å². The minimum Gasteiger partial charge on any atom is -0.545 e. The van der Waals surface area contributed by atoms with Crippen LogP contribution in [0, 0.1) is 0 Å². The van der Waals surface area contributed by atoms with E-state index in [1.165, 1.54) is 18.2 Å². The molecule has 2 aromatic carbocycles. The van der Waals surface area contributed by atoms with Gasteiger partial charge in [0, 0.05) is 6.42 Å². The molecule has 122 valence electrons. The molecule has 0 radical (unpaired) electrons. The maximum atomic E-state index is 12.2. The summed E-state index contributed by atoms with van der Waals surface area (Å²) in [6.07, 6.45) is 0.341. The van der Waals surface area contributed by atoms with Crippen molar-refractivity contribution in [2.24, 2.45) is 0 Å². The predicted molar refractivity (Wildman–Crippen MR) is 87.1 cm³/mol. The number of hydrogen-bond donors (Lipinski definition) is 1.